The molecule has 0 radical (unpaired) electrons. The van der Waals surface area contributed by atoms with Gasteiger partial charge in [0.25, 0.3) is 5.91 Å². The standard InChI is InChI=1S/C21H22N4O3/c1-24-20(14-6-4-3-5-7-14)15-8-10-25(11-9-16(15)23-24)21(27)17-12-18(26)19(28-2)13-22-17/h3-7,12-13H,8-11H2,1-2H3,(H,22,26). The van der Waals surface area contributed by atoms with Gasteiger partial charge in [-0.3, -0.25) is 14.3 Å². The molecule has 0 bridgehead atoms. The number of amides is 1. The monoisotopic (exact) mass is 378 g/mol. The van der Waals surface area contributed by atoms with E-state index in [1.807, 2.05) is 29.9 Å². The zero-order chi connectivity index (χ0) is 19.7. The number of H-pyrrole nitrogens is 1. The molecule has 7 nitrogen and oxygen atoms in total. The first-order chi connectivity index (χ1) is 13.6. The number of aromatic nitrogens is 3. The van der Waals surface area contributed by atoms with E-state index in [9.17, 15) is 9.59 Å². The van der Waals surface area contributed by atoms with Crippen LogP contribution in [-0.4, -0.2) is 45.8 Å². The van der Waals surface area contributed by atoms with Gasteiger partial charge < -0.3 is 14.6 Å². The quantitative estimate of drug-likeness (QED) is 0.756. The number of carbonyl (C=O) groups excluding carboxylic acids is 1. The first kappa shape index (κ1) is 18.0. The number of ether oxygens (including phenoxy) is 1. The predicted molar refractivity (Wildman–Crippen MR) is 106 cm³/mol. The molecule has 3 heterocycles. The Morgan fingerprint density at radius 2 is 1.93 bits per heavy atom. The molecule has 2 aromatic heterocycles. The largest absolute Gasteiger partial charge is 0.491 e. The lowest BCUT2D eigenvalue weighted by Crippen LogP contribution is -2.34. The molecule has 3 aromatic rings. The molecule has 1 aliphatic rings. The highest BCUT2D eigenvalue weighted by Gasteiger charge is 2.25. The average Bonchev–Trinajstić information content (AvgIpc) is 2.89. The molecule has 144 valence electrons. The van der Waals surface area contributed by atoms with E-state index in [0.717, 1.165) is 23.4 Å². The fourth-order valence-electron chi connectivity index (χ4n) is 3.76. The minimum atomic E-state index is -0.309. The van der Waals surface area contributed by atoms with Crippen molar-refractivity contribution < 1.29 is 9.53 Å². The second kappa shape index (κ2) is 7.34. The van der Waals surface area contributed by atoms with E-state index in [-0.39, 0.29) is 22.8 Å². The molecule has 0 aliphatic carbocycles. The third kappa shape index (κ3) is 3.19. The first-order valence-corrected chi connectivity index (χ1v) is 9.24. The maximum Gasteiger partial charge on any atom is 0.270 e. The summed E-state index contributed by atoms with van der Waals surface area (Å²) in [5.74, 6) is 0.00698. The number of benzene rings is 1. The average molecular weight is 378 g/mol. The molecule has 0 unspecified atom stereocenters. The fraction of sp³-hybridized carbons (Fsp3) is 0.286. The summed E-state index contributed by atoms with van der Waals surface area (Å²) in [5, 5.41) is 4.70. The van der Waals surface area contributed by atoms with Gasteiger partial charge in [0, 0.05) is 49.9 Å². The summed E-state index contributed by atoms with van der Waals surface area (Å²) >= 11 is 0. The number of carbonyl (C=O) groups is 1. The lowest BCUT2D eigenvalue weighted by atomic mass is 10.0. The maximum atomic E-state index is 12.9. The van der Waals surface area contributed by atoms with Crippen molar-refractivity contribution in [2.45, 2.75) is 12.8 Å². The molecule has 1 aromatic carbocycles. The number of nitrogens with zero attached hydrogens (tertiary/aromatic N) is 3. The van der Waals surface area contributed by atoms with Gasteiger partial charge in [0.1, 0.15) is 5.69 Å². The Bertz CT molecular complexity index is 1070. The van der Waals surface area contributed by atoms with Crippen LogP contribution in [0.2, 0.25) is 0 Å². The van der Waals surface area contributed by atoms with Gasteiger partial charge in [-0.05, 0) is 6.42 Å². The van der Waals surface area contributed by atoms with Crippen molar-refractivity contribution in [2.24, 2.45) is 7.05 Å². The summed E-state index contributed by atoms with van der Waals surface area (Å²) in [6.45, 7) is 1.14. The number of methoxy groups -OCH3 is 1. The van der Waals surface area contributed by atoms with Crippen LogP contribution in [0.4, 0.5) is 0 Å². The molecule has 0 spiro atoms. The highest BCUT2D eigenvalue weighted by atomic mass is 16.5. The molecule has 0 saturated heterocycles. The van der Waals surface area contributed by atoms with Crippen LogP contribution in [0.1, 0.15) is 21.7 Å². The number of rotatable bonds is 3. The molecule has 4 rings (SSSR count). The van der Waals surface area contributed by atoms with Crippen LogP contribution < -0.4 is 10.2 Å². The predicted octanol–water partition coefficient (Wildman–Crippen LogP) is 2.02. The Hall–Kier alpha value is -3.35. The summed E-state index contributed by atoms with van der Waals surface area (Å²) in [6.07, 6.45) is 2.83. The molecule has 1 N–H and O–H groups in total. The minimum Gasteiger partial charge on any atom is -0.491 e. The number of hydrogen-bond donors (Lipinski definition) is 1. The van der Waals surface area contributed by atoms with Crippen molar-refractivity contribution in [2.75, 3.05) is 20.2 Å². The highest BCUT2D eigenvalue weighted by Crippen LogP contribution is 2.28. The summed E-state index contributed by atoms with van der Waals surface area (Å²) < 4.78 is 6.89. The van der Waals surface area contributed by atoms with Crippen LogP contribution in [0.25, 0.3) is 11.3 Å². The Labute approximate surface area is 162 Å². The van der Waals surface area contributed by atoms with E-state index in [1.165, 1.54) is 24.9 Å². The lowest BCUT2D eigenvalue weighted by Gasteiger charge is -2.20. The van der Waals surface area contributed by atoms with Crippen LogP contribution in [0, 0.1) is 0 Å². The first-order valence-electron chi connectivity index (χ1n) is 9.24. The van der Waals surface area contributed by atoms with Gasteiger partial charge in [-0.2, -0.15) is 5.10 Å². The van der Waals surface area contributed by atoms with Gasteiger partial charge in [0.2, 0.25) is 5.43 Å². The van der Waals surface area contributed by atoms with Crippen LogP contribution in [-0.2, 0) is 19.9 Å². The van der Waals surface area contributed by atoms with Crippen molar-refractivity contribution in [1.29, 1.82) is 0 Å². The van der Waals surface area contributed by atoms with E-state index in [2.05, 4.69) is 17.1 Å². The van der Waals surface area contributed by atoms with Crippen molar-refractivity contribution in [1.82, 2.24) is 19.7 Å². The maximum absolute atomic E-state index is 12.9. The summed E-state index contributed by atoms with van der Waals surface area (Å²) in [4.78, 5) is 29.5. The molecule has 0 fully saturated rings. The van der Waals surface area contributed by atoms with Crippen molar-refractivity contribution in [3.63, 3.8) is 0 Å². The van der Waals surface area contributed by atoms with E-state index >= 15 is 0 Å². The van der Waals surface area contributed by atoms with Crippen molar-refractivity contribution >= 4 is 5.91 Å². The third-order valence-electron chi connectivity index (χ3n) is 5.14. The van der Waals surface area contributed by atoms with Crippen LogP contribution in [0.5, 0.6) is 5.75 Å². The normalized spacial score (nSPS) is 13.7. The minimum absolute atomic E-state index is 0.185. The number of fused-ring (bicyclic) bond motifs is 1. The number of hydrogen-bond acceptors (Lipinski definition) is 4. The van der Waals surface area contributed by atoms with E-state index in [4.69, 9.17) is 9.84 Å². The van der Waals surface area contributed by atoms with Gasteiger partial charge in [0.15, 0.2) is 5.75 Å². The molecule has 0 saturated carbocycles. The summed E-state index contributed by atoms with van der Waals surface area (Å²) in [5.41, 5.74) is 4.40. The Morgan fingerprint density at radius 3 is 2.64 bits per heavy atom. The van der Waals surface area contributed by atoms with Gasteiger partial charge in [-0.1, -0.05) is 30.3 Å². The second-order valence-electron chi connectivity index (χ2n) is 6.84. The Kier molecular flexibility index (Phi) is 4.73. The third-order valence-corrected chi connectivity index (χ3v) is 5.14. The van der Waals surface area contributed by atoms with Gasteiger partial charge in [0.05, 0.1) is 18.5 Å². The Balaban J connectivity index is 1.59. The Morgan fingerprint density at radius 1 is 1.18 bits per heavy atom. The van der Waals surface area contributed by atoms with Gasteiger partial charge in [-0.15, -0.1) is 0 Å². The lowest BCUT2D eigenvalue weighted by molar-refractivity contribution is 0.0756. The molecular formula is C21H22N4O3. The zero-order valence-corrected chi connectivity index (χ0v) is 15.9. The van der Waals surface area contributed by atoms with Crippen LogP contribution in [0.3, 0.4) is 0 Å². The summed E-state index contributed by atoms with van der Waals surface area (Å²) in [6, 6.07) is 11.5. The van der Waals surface area contributed by atoms with Crippen molar-refractivity contribution in [3.05, 3.63) is 69.8 Å². The highest BCUT2D eigenvalue weighted by molar-refractivity contribution is 5.92. The van der Waals surface area contributed by atoms with Crippen LogP contribution >= 0.6 is 0 Å². The van der Waals surface area contributed by atoms with E-state index in [0.29, 0.717) is 19.5 Å². The van der Waals surface area contributed by atoms with Gasteiger partial charge >= 0.3 is 0 Å². The zero-order valence-electron chi connectivity index (χ0n) is 15.9. The second-order valence-corrected chi connectivity index (χ2v) is 6.84. The number of pyridine rings is 1. The topological polar surface area (TPSA) is 80.2 Å². The fourth-order valence-corrected chi connectivity index (χ4v) is 3.76. The number of nitrogens with one attached hydrogen (secondary N) is 1. The number of aromatic amines is 1. The van der Waals surface area contributed by atoms with Gasteiger partial charge in [-0.25, -0.2) is 0 Å². The van der Waals surface area contributed by atoms with Crippen LogP contribution in [0.15, 0.2) is 47.4 Å². The molecule has 1 amide bonds. The number of aryl methyl sites for hydroxylation is 1. The van der Waals surface area contributed by atoms with E-state index in [1.54, 1.807) is 4.90 Å². The molecular weight excluding hydrogens is 356 g/mol. The van der Waals surface area contributed by atoms with E-state index < -0.39 is 0 Å². The van der Waals surface area contributed by atoms with Crippen molar-refractivity contribution in [3.8, 4) is 17.0 Å². The SMILES string of the molecule is COc1c[nH]c(C(=O)N2CCc3nn(C)c(-c4ccccc4)c3CC2)cc1=O. The molecule has 28 heavy (non-hydrogen) atoms. The molecule has 7 heteroatoms. The smallest absolute Gasteiger partial charge is 0.270 e. The molecule has 0 atom stereocenters. The molecule has 1 aliphatic heterocycles. The summed E-state index contributed by atoms with van der Waals surface area (Å²) in [7, 11) is 3.39.